The molecule has 0 spiro atoms. The zero-order chi connectivity index (χ0) is 37.8. The Bertz CT molecular complexity index is 1810. The minimum absolute atomic E-state index is 0.148. The van der Waals surface area contributed by atoms with E-state index in [-0.39, 0.29) is 32.5 Å². The number of rotatable bonds is 22. The average molecular weight is 720 g/mol. The van der Waals surface area contributed by atoms with E-state index in [0.29, 0.717) is 30.9 Å². The molecule has 53 heavy (non-hydrogen) atoms. The largest absolute Gasteiger partial charge is 0.489 e. The van der Waals surface area contributed by atoms with Gasteiger partial charge in [0.05, 0.1) is 18.6 Å². The van der Waals surface area contributed by atoms with Gasteiger partial charge < -0.3 is 30.5 Å². The van der Waals surface area contributed by atoms with Gasteiger partial charge in [0.2, 0.25) is 11.8 Å². The van der Waals surface area contributed by atoms with Crippen molar-refractivity contribution in [1.29, 1.82) is 0 Å². The van der Waals surface area contributed by atoms with E-state index in [2.05, 4.69) is 29.1 Å². The van der Waals surface area contributed by atoms with Crippen molar-refractivity contribution in [3.8, 4) is 5.75 Å². The van der Waals surface area contributed by atoms with Crippen molar-refractivity contribution < 1.29 is 33.8 Å². The SMILES string of the molecule is C=CCCCCC(=O)OC[C@H](NC(=O)[C@H](CC=C)CC(=O)N[C@H](CO)Cc1ccc(OCc2ccccc2)cc1)C(=O)Nc1ccc2ccccc2c1. The number of fused-ring (bicyclic) bond motifs is 1. The number of hydrogen-bond donors (Lipinski definition) is 4. The van der Waals surface area contributed by atoms with Crippen LogP contribution in [0.2, 0.25) is 0 Å². The van der Waals surface area contributed by atoms with Crippen LogP contribution in [0.5, 0.6) is 5.75 Å². The maximum atomic E-state index is 13.6. The van der Waals surface area contributed by atoms with E-state index in [1.807, 2.05) is 91.0 Å². The summed E-state index contributed by atoms with van der Waals surface area (Å²) in [6.45, 7) is 7.16. The zero-order valence-corrected chi connectivity index (χ0v) is 30.0. The van der Waals surface area contributed by atoms with Crippen molar-refractivity contribution >= 4 is 40.2 Å². The molecule has 0 aliphatic rings. The Labute approximate surface area is 311 Å². The first-order valence-electron chi connectivity index (χ1n) is 17.9. The Kier molecular flexibility index (Phi) is 16.3. The minimum atomic E-state index is -1.23. The molecule has 0 saturated heterocycles. The molecule has 4 aromatic rings. The monoisotopic (exact) mass is 719 g/mol. The molecule has 278 valence electrons. The lowest BCUT2D eigenvalue weighted by atomic mass is 9.98. The van der Waals surface area contributed by atoms with Crippen LogP contribution in [0.15, 0.2) is 122 Å². The summed E-state index contributed by atoms with van der Waals surface area (Å²) in [4.78, 5) is 52.8. The van der Waals surface area contributed by atoms with Crippen LogP contribution in [-0.2, 0) is 36.9 Å². The number of esters is 1. The Morgan fingerprint density at radius 2 is 1.51 bits per heavy atom. The molecule has 4 N–H and O–H groups in total. The third-order valence-electron chi connectivity index (χ3n) is 8.59. The molecule has 0 saturated carbocycles. The van der Waals surface area contributed by atoms with Crippen LogP contribution in [0.1, 0.15) is 49.7 Å². The third-order valence-corrected chi connectivity index (χ3v) is 8.59. The summed E-state index contributed by atoms with van der Waals surface area (Å²) in [5, 5.41) is 20.3. The number of nitrogens with one attached hydrogen (secondary N) is 3. The van der Waals surface area contributed by atoms with Gasteiger partial charge in [-0.1, -0.05) is 84.9 Å². The molecule has 10 nitrogen and oxygen atoms in total. The van der Waals surface area contributed by atoms with Gasteiger partial charge in [-0.3, -0.25) is 19.2 Å². The second-order valence-electron chi connectivity index (χ2n) is 12.8. The highest BCUT2D eigenvalue weighted by atomic mass is 16.5. The summed E-state index contributed by atoms with van der Waals surface area (Å²) < 4.78 is 11.3. The van der Waals surface area contributed by atoms with E-state index in [4.69, 9.17) is 9.47 Å². The van der Waals surface area contributed by atoms with Crippen molar-refractivity contribution in [1.82, 2.24) is 10.6 Å². The van der Waals surface area contributed by atoms with Gasteiger partial charge in [0.15, 0.2) is 0 Å². The number of allylic oxidation sites excluding steroid dienone is 2. The topological polar surface area (TPSA) is 143 Å². The smallest absolute Gasteiger partial charge is 0.305 e. The summed E-state index contributed by atoms with van der Waals surface area (Å²) in [5.74, 6) is -2.27. The highest BCUT2D eigenvalue weighted by molar-refractivity contribution is 5.99. The molecule has 4 rings (SSSR count). The van der Waals surface area contributed by atoms with Crippen molar-refractivity contribution in [2.75, 3.05) is 18.5 Å². The van der Waals surface area contributed by atoms with Crippen molar-refractivity contribution in [3.63, 3.8) is 0 Å². The second kappa shape index (κ2) is 21.6. The van der Waals surface area contributed by atoms with Crippen LogP contribution in [0.3, 0.4) is 0 Å². The Balaban J connectivity index is 1.35. The molecule has 3 atom stereocenters. The van der Waals surface area contributed by atoms with Crippen molar-refractivity contribution in [2.24, 2.45) is 5.92 Å². The fourth-order valence-electron chi connectivity index (χ4n) is 5.68. The van der Waals surface area contributed by atoms with Gasteiger partial charge in [0, 0.05) is 18.5 Å². The average Bonchev–Trinajstić information content (AvgIpc) is 3.17. The fraction of sp³-hybridized carbons (Fsp3) is 0.302. The van der Waals surface area contributed by atoms with Crippen LogP contribution in [0.4, 0.5) is 5.69 Å². The zero-order valence-electron chi connectivity index (χ0n) is 30.0. The molecule has 3 amide bonds. The summed E-state index contributed by atoms with van der Waals surface area (Å²) in [7, 11) is 0. The predicted molar refractivity (Wildman–Crippen MR) is 207 cm³/mol. The number of unbranched alkanes of at least 4 members (excludes halogenated alkanes) is 2. The van der Waals surface area contributed by atoms with Crippen LogP contribution in [0.25, 0.3) is 10.8 Å². The molecular weight excluding hydrogens is 670 g/mol. The first-order chi connectivity index (χ1) is 25.8. The molecule has 0 unspecified atom stereocenters. The quantitative estimate of drug-likeness (QED) is 0.0416. The van der Waals surface area contributed by atoms with Crippen molar-refractivity contribution in [2.45, 2.75) is 63.6 Å². The first-order valence-corrected chi connectivity index (χ1v) is 17.9. The summed E-state index contributed by atoms with van der Waals surface area (Å²) in [6, 6.07) is 28.6. The Morgan fingerprint density at radius 1 is 0.774 bits per heavy atom. The van der Waals surface area contributed by atoms with Gasteiger partial charge in [0.25, 0.3) is 5.91 Å². The number of hydrogen-bond acceptors (Lipinski definition) is 7. The number of anilines is 1. The normalized spacial score (nSPS) is 12.5. The van der Waals surface area contributed by atoms with E-state index in [1.165, 1.54) is 6.08 Å². The molecule has 0 heterocycles. The minimum Gasteiger partial charge on any atom is -0.489 e. The van der Waals surface area contributed by atoms with E-state index in [1.54, 1.807) is 12.1 Å². The maximum Gasteiger partial charge on any atom is 0.305 e. The van der Waals surface area contributed by atoms with E-state index in [0.717, 1.165) is 34.7 Å². The van der Waals surface area contributed by atoms with Crippen LogP contribution in [0, 0.1) is 5.92 Å². The van der Waals surface area contributed by atoms with Gasteiger partial charge in [-0.05, 0) is 78.3 Å². The molecule has 0 aromatic heterocycles. The molecule has 0 aliphatic carbocycles. The van der Waals surface area contributed by atoms with Gasteiger partial charge in [-0.25, -0.2) is 0 Å². The lowest BCUT2D eigenvalue weighted by Gasteiger charge is -2.23. The highest BCUT2D eigenvalue weighted by Crippen LogP contribution is 2.20. The van der Waals surface area contributed by atoms with Crippen LogP contribution in [-0.4, -0.2) is 54.1 Å². The number of benzene rings is 4. The highest BCUT2D eigenvalue weighted by Gasteiger charge is 2.28. The number of aliphatic hydroxyl groups is 1. The third kappa shape index (κ3) is 13.7. The van der Waals surface area contributed by atoms with Crippen molar-refractivity contribution in [3.05, 3.63) is 133 Å². The summed E-state index contributed by atoms with van der Waals surface area (Å²) >= 11 is 0. The summed E-state index contributed by atoms with van der Waals surface area (Å²) in [5.41, 5.74) is 2.44. The number of amides is 3. The molecule has 0 radical (unpaired) electrons. The van der Waals surface area contributed by atoms with Gasteiger partial charge in [0.1, 0.15) is 25.0 Å². The van der Waals surface area contributed by atoms with Gasteiger partial charge in [-0.15, -0.1) is 13.2 Å². The molecule has 4 aromatic carbocycles. The summed E-state index contributed by atoms with van der Waals surface area (Å²) in [6.07, 6.45) is 5.91. The van der Waals surface area contributed by atoms with E-state index >= 15 is 0 Å². The Morgan fingerprint density at radius 3 is 2.23 bits per heavy atom. The lowest BCUT2D eigenvalue weighted by Crippen LogP contribution is -2.49. The van der Waals surface area contributed by atoms with Crippen LogP contribution < -0.4 is 20.7 Å². The lowest BCUT2D eigenvalue weighted by molar-refractivity contribution is -0.146. The predicted octanol–water partition coefficient (Wildman–Crippen LogP) is 6.43. The van der Waals surface area contributed by atoms with Gasteiger partial charge >= 0.3 is 5.97 Å². The fourth-order valence-corrected chi connectivity index (χ4v) is 5.68. The molecule has 10 heteroatoms. The van der Waals surface area contributed by atoms with E-state index < -0.39 is 41.7 Å². The maximum absolute atomic E-state index is 13.6. The van der Waals surface area contributed by atoms with E-state index in [9.17, 15) is 24.3 Å². The van der Waals surface area contributed by atoms with Crippen LogP contribution >= 0.6 is 0 Å². The Hall–Kier alpha value is -5.74. The molecule has 0 aliphatic heterocycles. The first kappa shape index (κ1) is 40.0. The number of carbonyl (C=O) groups is 4. The molecule has 0 fully saturated rings. The second-order valence-corrected chi connectivity index (χ2v) is 12.8. The number of aliphatic hydroxyl groups excluding tert-OH is 1. The molecule has 0 bridgehead atoms. The van der Waals surface area contributed by atoms with Gasteiger partial charge in [-0.2, -0.15) is 0 Å². The molecular formula is C43H49N3O7. The number of carbonyl (C=O) groups excluding carboxylic acids is 4. The standard InChI is InChI=1S/C43H49N3O7/c1-3-5-6-10-18-41(49)53-30-39(43(51)45-36-22-21-33-16-11-12-17-34(33)26-36)46-42(50)35(13-4-2)27-40(48)44-37(28-47)25-31-19-23-38(24-20-31)52-29-32-14-8-7-9-15-32/h3-4,7-9,11-12,14-17,19-24,26,35,37,39,47H,1-2,5-6,10,13,18,25,27-30H2,(H,44,48)(H,45,51)(H,46,50)/t35-,37+,39+/m1/s1. The number of ether oxygens (including phenoxy) is 2.